The van der Waals surface area contributed by atoms with Crippen LogP contribution in [0.2, 0.25) is 0 Å². The van der Waals surface area contributed by atoms with E-state index in [1.54, 1.807) is 26.0 Å². The van der Waals surface area contributed by atoms with Crippen LogP contribution in [0.5, 0.6) is 5.75 Å². The van der Waals surface area contributed by atoms with Crippen molar-refractivity contribution in [1.82, 2.24) is 14.6 Å². The van der Waals surface area contributed by atoms with Gasteiger partial charge in [0, 0.05) is 12.3 Å². The summed E-state index contributed by atoms with van der Waals surface area (Å²) in [5.41, 5.74) is -0.574. The molecule has 2 aliphatic rings. The number of alkyl halides is 2. The van der Waals surface area contributed by atoms with Gasteiger partial charge >= 0.3 is 19.4 Å². The molecule has 1 aromatic carbocycles. The molecule has 0 radical (unpaired) electrons. The molecule has 1 saturated carbocycles. The van der Waals surface area contributed by atoms with Gasteiger partial charge in [-0.05, 0) is 56.7 Å². The van der Waals surface area contributed by atoms with Crippen LogP contribution in [0.4, 0.5) is 4.39 Å². The Morgan fingerprint density at radius 1 is 1.27 bits per heavy atom. The molecule has 15 heteroatoms. The predicted octanol–water partition coefficient (Wildman–Crippen LogP) is 2.88. The number of rotatable bonds is 11. The lowest BCUT2D eigenvalue weighted by atomic mass is 9.99. The molecule has 12 nitrogen and oxygen atoms in total. The first-order valence-electron chi connectivity index (χ1n) is 12.7. The van der Waals surface area contributed by atoms with Gasteiger partial charge in [-0.15, -0.1) is 0 Å². The first-order chi connectivity index (χ1) is 18.6. The maximum Gasteiger partial charge on any atom is 0.459 e. The van der Waals surface area contributed by atoms with Gasteiger partial charge in [-0.3, -0.25) is 23.7 Å². The normalized spacial score (nSPS) is 27.6. The maximum absolute atomic E-state index is 15.3. The van der Waals surface area contributed by atoms with E-state index in [9.17, 15) is 24.1 Å². The average molecular weight is 604 g/mol. The summed E-state index contributed by atoms with van der Waals surface area (Å²) < 4.78 is 51.6. The van der Waals surface area contributed by atoms with E-state index in [1.807, 2.05) is 17.1 Å². The largest absolute Gasteiger partial charge is 0.462 e. The molecule has 2 unspecified atom stereocenters. The van der Waals surface area contributed by atoms with Crippen LogP contribution in [0.25, 0.3) is 0 Å². The summed E-state index contributed by atoms with van der Waals surface area (Å²) in [5, 5.41) is 10.0. The van der Waals surface area contributed by atoms with Crippen LogP contribution < -0.4 is 20.9 Å². The molecule has 40 heavy (non-hydrogen) atoms. The van der Waals surface area contributed by atoms with Gasteiger partial charge in [0.15, 0.2) is 6.23 Å². The Bertz CT molecular complexity index is 1390. The van der Waals surface area contributed by atoms with Crippen molar-refractivity contribution in [2.75, 3.05) is 6.61 Å². The van der Waals surface area contributed by atoms with E-state index in [1.165, 1.54) is 6.92 Å². The number of H-pyrrole nitrogens is 1. The van der Waals surface area contributed by atoms with E-state index in [0.717, 1.165) is 30.7 Å². The summed E-state index contributed by atoms with van der Waals surface area (Å²) in [6.45, 7) is 6.10. The zero-order valence-corrected chi connectivity index (χ0v) is 24.0. The monoisotopic (exact) mass is 603 g/mol. The number of nitrogens with one attached hydrogen (secondary N) is 2. The van der Waals surface area contributed by atoms with E-state index in [-0.39, 0.29) is 11.2 Å². The van der Waals surface area contributed by atoms with Gasteiger partial charge in [-0.2, -0.15) is 5.09 Å². The molecule has 0 bridgehead atoms. The molecule has 220 valence electrons. The molecule has 1 aliphatic carbocycles. The number of aliphatic hydroxyl groups is 1. The molecule has 2 heterocycles. The lowest BCUT2D eigenvalue weighted by Gasteiger charge is -2.25. The number of carbonyl (C=O) groups is 1. The number of aliphatic hydroxyl groups excluding tert-OH is 1. The number of nitrogens with zero attached hydrogens (tertiary/aromatic N) is 1. The number of aromatic nitrogens is 2. The number of halogens is 2. The van der Waals surface area contributed by atoms with Crippen molar-refractivity contribution in [1.29, 1.82) is 0 Å². The summed E-state index contributed by atoms with van der Waals surface area (Å²) in [4.78, 5) is 37.9. The minimum atomic E-state index is -4.39. The van der Waals surface area contributed by atoms with Crippen LogP contribution >= 0.6 is 19.3 Å². The number of esters is 1. The van der Waals surface area contributed by atoms with Crippen molar-refractivity contribution in [3.05, 3.63) is 62.9 Å². The molecular weight excluding hydrogens is 572 g/mol. The van der Waals surface area contributed by atoms with Gasteiger partial charge in [-0.25, -0.2) is 13.8 Å². The second kappa shape index (κ2) is 11.4. The van der Waals surface area contributed by atoms with Crippen molar-refractivity contribution >= 4 is 25.3 Å². The zero-order valence-electron chi connectivity index (χ0n) is 22.3. The smallest absolute Gasteiger partial charge is 0.459 e. The van der Waals surface area contributed by atoms with Gasteiger partial charge in [0.25, 0.3) is 10.7 Å². The number of aromatic amines is 1. The number of benzene rings is 1. The molecule has 2 fully saturated rings. The topological polar surface area (TPSA) is 158 Å². The Labute approximate surface area is 234 Å². The van der Waals surface area contributed by atoms with E-state index in [0.29, 0.717) is 4.57 Å². The van der Waals surface area contributed by atoms with E-state index < -0.39 is 67.3 Å². The lowest BCUT2D eigenvalue weighted by Crippen LogP contribution is -2.42. The Balaban J connectivity index is 1.53. The van der Waals surface area contributed by atoms with E-state index in [2.05, 4.69) is 12.0 Å². The third-order valence-electron chi connectivity index (χ3n) is 6.73. The Hall–Kier alpha value is -2.54. The first kappa shape index (κ1) is 30.4. The highest BCUT2D eigenvalue weighted by Gasteiger charge is 2.58. The molecule has 0 amide bonds. The summed E-state index contributed by atoms with van der Waals surface area (Å²) in [5.74, 6) is -0.561. The fourth-order valence-electron chi connectivity index (χ4n) is 4.14. The van der Waals surface area contributed by atoms with Crippen LogP contribution in [0.1, 0.15) is 52.3 Å². The average Bonchev–Trinajstić information content (AvgIpc) is 3.57. The Morgan fingerprint density at radius 2 is 1.93 bits per heavy atom. The highest BCUT2D eigenvalue weighted by molar-refractivity contribution is 7.52. The van der Waals surface area contributed by atoms with Gasteiger partial charge in [0.2, 0.25) is 0 Å². The Morgan fingerprint density at radius 3 is 2.50 bits per heavy atom. The van der Waals surface area contributed by atoms with Gasteiger partial charge < -0.3 is 19.1 Å². The third kappa shape index (κ3) is 6.67. The highest BCUT2D eigenvalue weighted by atomic mass is 35.5. The second-order valence-electron chi connectivity index (χ2n) is 10.5. The third-order valence-corrected chi connectivity index (χ3v) is 8.78. The predicted molar refractivity (Wildman–Crippen MR) is 142 cm³/mol. The van der Waals surface area contributed by atoms with Crippen LogP contribution in [-0.4, -0.2) is 56.7 Å². The van der Waals surface area contributed by atoms with Crippen molar-refractivity contribution < 1.29 is 37.4 Å². The van der Waals surface area contributed by atoms with Crippen LogP contribution in [-0.2, 0) is 28.8 Å². The molecule has 6 atom stereocenters. The number of hydrogen-bond acceptors (Lipinski definition) is 9. The fourth-order valence-corrected chi connectivity index (χ4v) is 5.94. The summed E-state index contributed by atoms with van der Waals surface area (Å²) >= 11 is 5.91. The summed E-state index contributed by atoms with van der Waals surface area (Å²) in [6.07, 6.45) is -2.80. The zero-order chi connectivity index (χ0) is 29.5. The molecule has 1 aromatic heterocycles. The molecule has 2 aromatic rings. The number of ether oxygens (including phenoxy) is 2. The molecule has 3 N–H and O–H groups in total. The van der Waals surface area contributed by atoms with Crippen molar-refractivity contribution in [3.8, 4) is 5.75 Å². The standard InChI is InChI=1S/C25H32ClFN3O9P/c1-14(2)37-21(33)15(3)29-40(35,39-17-7-5-16(6-8-17)24(4)10-11-24)36-13-18-20(32)25(26,27)22(38-18)30-12-9-19(31)28-23(30)34/h5-9,12,14-15,18,20,22,32H,10-11,13H2,1-4H3,(H,29,35)(H,28,31,34)/t15-,18+,20+,22?,25+,40?/m0/s1. The number of carbonyl (C=O) groups excluding carboxylic acids is 1. The van der Waals surface area contributed by atoms with E-state index in [4.69, 9.17) is 30.1 Å². The van der Waals surface area contributed by atoms with Crippen molar-refractivity contribution in [2.45, 2.75) is 81.7 Å². The van der Waals surface area contributed by atoms with Gasteiger partial charge in [-0.1, -0.05) is 30.7 Å². The molecule has 1 aliphatic heterocycles. The fraction of sp³-hybridized carbons (Fsp3) is 0.560. The van der Waals surface area contributed by atoms with Crippen LogP contribution in [0.15, 0.2) is 46.1 Å². The minimum absolute atomic E-state index is 0.0900. The molecule has 0 spiro atoms. The van der Waals surface area contributed by atoms with Gasteiger partial charge in [0.1, 0.15) is 24.0 Å². The first-order valence-corrected chi connectivity index (χ1v) is 14.6. The van der Waals surface area contributed by atoms with E-state index >= 15 is 4.39 Å². The van der Waals surface area contributed by atoms with Crippen LogP contribution in [0, 0.1) is 0 Å². The number of hydrogen-bond donors (Lipinski definition) is 3. The summed E-state index contributed by atoms with van der Waals surface area (Å²) in [7, 11) is -4.39. The SMILES string of the molecule is CC(C)OC(=O)[C@H](C)NP(=O)(OC[C@H]1OC(n2ccc(=O)[nH]c2=O)[C@@](F)(Cl)[C@@H]1O)Oc1ccc(C2(C)CC2)cc1. The maximum atomic E-state index is 15.3. The van der Waals surface area contributed by atoms with Crippen LogP contribution in [0.3, 0.4) is 0 Å². The molecule has 4 rings (SSSR count). The second-order valence-corrected chi connectivity index (χ2v) is 12.7. The quantitative estimate of drug-likeness (QED) is 0.198. The highest BCUT2D eigenvalue weighted by Crippen LogP contribution is 2.50. The van der Waals surface area contributed by atoms with Crippen molar-refractivity contribution in [2.24, 2.45) is 0 Å². The van der Waals surface area contributed by atoms with Gasteiger partial charge in [0.05, 0.1) is 12.7 Å². The molecular formula is C25H32ClFN3O9P. The summed E-state index contributed by atoms with van der Waals surface area (Å²) in [6, 6.07) is 6.70. The Kier molecular flexibility index (Phi) is 8.66. The van der Waals surface area contributed by atoms with Crippen molar-refractivity contribution in [3.63, 3.8) is 0 Å². The lowest BCUT2D eigenvalue weighted by molar-refractivity contribution is -0.149. The minimum Gasteiger partial charge on any atom is -0.462 e. The molecule has 1 saturated heterocycles.